The molecule has 0 bridgehead atoms. The zero-order chi connectivity index (χ0) is 18.8. The van der Waals surface area contributed by atoms with Gasteiger partial charge in [-0.05, 0) is 61.3 Å². The molecule has 0 aliphatic carbocycles. The highest BCUT2D eigenvalue weighted by Crippen LogP contribution is 2.27. The highest BCUT2D eigenvalue weighted by molar-refractivity contribution is 5.64. The average molecular weight is 369 g/mol. The lowest BCUT2D eigenvalue weighted by molar-refractivity contribution is 0.202. The van der Waals surface area contributed by atoms with Gasteiger partial charge in [0, 0.05) is 36.6 Å². The second kappa shape index (κ2) is 7.52. The van der Waals surface area contributed by atoms with Gasteiger partial charge in [-0.1, -0.05) is 30.3 Å². The molecule has 0 saturated carbocycles. The number of piperidine rings is 1. The molecular weight excluding hydrogens is 346 g/mol. The summed E-state index contributed by atoms with van der Waals surface area (Å²) in [6, 6.07) is 18.8. The van der Waals surface area contributed by atoms with Gasteiger partial charge < -0.3 is 0 Å². The molecule has 0 radical (unpaired) electrons. The van der Waals surface area contributed by atoms with Gasteiger partial charge in [0.25, 0.3) is 0 Å². The van der Waals surface area contributed by atoms with E-state index in [4.69, 9.17) is 10.1 Å². The van der Waals surface area contributed by atoms with E-state index in [-0.39, 0.29) is 0 Å². The minimum Gasteiger partial charge on any atom is -0.299 e. The van der Waals surface area contributed by atoms with E-state index in [0.717, 1.165) is 49.5 Å². The fourth-order valence-electron chi connectivity index (χ4n) is 3.97. The van der Waals surface area contributed by atoms with Crippen molar-refractivity contribution in [3.05, 3.63) is 84.6 Å². The number of hydrogen-bond acceptors (Lipinski definition) is 4. The summed E-state index contributed by atoms with van der Waals surface area (Å²) in [6.07, 6.45) is 8.03. The summed E-state index contributed by atoms with van der Waals surface area (Å²) in [5.41, 5.74) is 4.62. The van der Waals surface area contributed by atoms with E-state index in [9.17, 15) is 0 Å². The van der Waals surface area contributed by atoms with Crippen molar-refractivity contribution in [3.8, 4) is 11.1 Å². The molecule has 5 nitrogen and oxygen atoms in total. The van der Waals surface area contributed by atoms with Crippen LogP contribution in [0.5, 0.6) is 0 Å². The van der Waals surface area contributed by atoms with Crippen molar-refractivity contribution in [2.24, 2.45) is 0 Å². The number of hydrogen-bond donors (Lipinski definition) is 0. The first-order valence-corrected chi connectivity index (χ1v) is 9.88. The van der Waals surface area contributed by atoms with Crippen LogP contribution in [0, 0.1) is 0 Å². The molecule has 0 unspecified atom stereocenters. The molecule has 1 aromatic carbocycles. The highest BCUT2D eigenvalue weighted by atomic mass is 15.3. The van der Waals surface area contributed by atoms with Crippen LogP contribution in [0.4, 0.5) is 0 Å². The Morgan fingerprint density at radius 1 is 0.857 bits per heavy atom. The lowest BCUT2D eigenvalue weighted by Gasteiger charge is -2.30. The van der Waals surface area contributed by atoms with Gasteiger partial charge >= 0.3 is 0 Å². The molecule has 0 amide bonds. The molecule has 3 aromatic heterocycles. The predicted molar refractivity (Wildman–Crippen MR) is 110 cm³/mol. The van der Waals surface area contributed by atoms with Gasteiger partial charge in [0.15, 0.2) is 11.5 Å². The Labute approximate surface area is 164 Å². The summed E-state index contributed by atoms with van der Waals surface area (Å²) < 4.78 is 1.93. The summed E-state index contributed by atoms with van der Waals surface area (Å²) in [5, 5.41) is 4.81. The number of nitrogens with zero attached hydrogens (tertiary/aromatic N) is 5. The molecule has 4 heterocycles. The predicted octanol–water partition coefficient (Wildman–Crippen LogP) is 4.17. The van der Waals surface area contributed by atoms with Gasteiger partial charge in [-0.25, -0.2) is 9.50 Å². The van der Waals surface area contributed by atoms with Crippen LogP contribution in [0.1, 0.15) is 30.1 Å². The maximum absolute atomic E-state index is 4.81. The van der Waals surface area contributed by atoms with E-state index in [1.54, 1.807) is 0 Å². The van der Waals surface area contributed by atoms with Crippen LogP contribution in [-0.4, -0.2) is 37.6 Å². The fraction of sp³-hybridized carbons (Fsp3) is 0.261. The lowest BCUT2D eigenvalue weighted by Crippen LogP contribution is -2.32. The van der Waals surface area contributed by atoms with Gasteiger partial charge in [0.05, 0.1) is 0 Å². The quantitative estimate of drug-likeness (QED) is 0.542. The minimum atomic E-state index is 0.439. The summed E-state index contributed by atoms with van der Waals surface area (Å²) in [4.78, 5) is 11.4. The molecule has 4 aromatic rings. The molecular formula is C23H23N5. The second-order valence-corrected chi connectivity index (χ2v) is 7.46. The molecule has 1 aliphatic heterocycles. The van der Waals surface area contributed by atoms with Crippen molar-refractivity contribution in [1.29, 1.82) is 0 Å². The van der Waals surface area contributed by atoms with Gasteiger partial charge in [0.2, 0.25) is 0 Å². The van der Waals surface area contributed by atoms with Crippen LogP contribution in [0.2, 0.25) is 0 Å². The van der Waals surface area contributed by atoms with Gasteiger partial charge in [-0.2, -0.15) is 5.10 Å². The Balaban J connectivity index is 1.29. The Morgan fingerprint density at radius 3 is 2.43 bits per heavy atom. The number of pyridine rings is 2. The Morgan fingerprint density at radius 2 is 1.64 bits per heavy atom. The smallest absolute Gasteiger partial charge is 0.155 e. The monoisotopic (exact) mass is 369 g/mol. The zero-order valence-electron chi connectivity index (χ0n) is 15.8. The zero-order valence-corrected chi connectivity index (χ0v) is 15.8. The largest absolute Gasteiger partial charge is 0.299 e. The Hall–Kier alpha value is -3.05. The first-order valence-electron chi connectivity index (χ1n) is 9.88. The molecule has 1 aliphatic rings. The fourth-order valence-corrected chi connectivity index (χ4v) is 3.97. The number of benzene rings is 1. The lowest BCUT2D eigenvalue weighted by atomic mass is 9.96. The molecule has 5 heteroatoms. The number of fused-ring (bicyclic) bond motifs is 1. The topological polar surface area (TPSA) is 46.3 Å². The second-order valence-electron chi connectivity index (χ2n) is 7.46. The van der Waals surface area contributed by atoms with E-state index in [1.807, 2.05) is 23.0 Å². The molecule has 5 rings (SSSR count). The van der Waals surface area contributed by atoms with Crippen LogP contribution in [0.3, 0.4) is 0 Å². The normalized spacial score (nSPS) is 15.9. The first kappa shape index (κ1) is 17.1. The highest BCUT2D eigenvalue weighted by Gasteiger charge is 2.24. The third-order valence-corrected chi connectivity index (χ3v) is 5.56. The van der Waals surface area contributed by atoms with Crippen LogP contribution >= 0.6 is 0 Å². The van der Waals surface area contributed by atoms with Crippen LogP contribution in [0.15, 0.2) is 73.2 Å². The number of aromatic nitrogens is 4. The molecule has 0 N–H and O–H groups in total. The van der Waals surface area contributed by atoms with Crippen molar-refractivity contribution in [1.82, 2.24) is 24.5 Å². The number of likely N-dealkylation sites (tertiary alicyclic amines) is 1. The summed E-state index contributed by atoms with van der Waals surface area (Å²) in [6.45, 7) is 3.16. The maximum atomic E-state index is 4.81. The molecule has 0 spiro atoms. The van der Waals surface area contributed by atoms with E-state index in [1.165, 1.54) is 11.1 Å². The van der Waals surface area contributed by atoms with Crippen LogP contribution in [0.25, 0.3) is 16.8 Å². The van der Waals surface area contributed by atoms with Crippen molar-refractivity contribution < 1.29 is 0 Å². The average Bonchev–Trinajstić information content (AvgIpc) is 3.19. The van der Waals surface area contributed by atoms with Gasteiger partial charge in [-0.3, -0.25) is 9.88 Å². The Bertz CT molecular complexity index is 1050. The van der Waals surface area contributed by atoms with Gasteiger partial charge in [-0.15, -0.1) is 0 Å². The molecule has 0 atom stereocenters. The molecule has 140 valence electrons. The minimum absolute atomic E-state index is 0.439. The Kier molecular flexibility index (Phi) is 4.59. The van der Waals surface area contributed by atoms with Crippen molar-refractivity contribution in [2.75, 3.05) is 13.1 Å². The maximum Gasteiger partial charge on any atom is 0.155 e. The molecule has 1 saturated heterocycles. The molecule has 28 heavy (non-hydrogen) atoms. The van der Waals surface area contributed by atoms with Crippen molar-refractivity contribution in [3.63, 3.8) is 0 Å². The van der Waals surface area contributed by atoms with Crippen molar-refractivity contribution in [2.45, 2.75) is 25.3 Å². The summed E-state index contributed by atoms with van der Waals surface area (Å²) >= 11 is 0. The third kappa shape index (κ3) is 3.53. The first-order chi connectivity index (χ1) is 13.8. The van der Waals surface area contributed by atoms with E-state index < -0.39 is 0 Å². The third-order valence-electron chi connectivity index (χ3n) is 5.56. The summed E-state index contributed by atoms with van der Waals surface area (Å²) in [7, 11) is 0. The standard InChI is InChI=1S/C23H23N5/c1-2-4-19(5-3-1)21-6-7-22-25-23(26-28(22)17-21)20-10-14-27(15-11-20)16-18-8-12-24-13-9-18/h1-9,12-13,17,20H,10-11,14-16H2. The van der Waals surface area contributed by atoms with Crippen LogP contribution in [-0.2, 0) is 6.54 Å². The number of rotatable bonds is 4. The summed E-state index contributed by atoms with van der Waals surface area (Å²) in [5.74, 6) is 1.42. The van der Waals surface area contributed by atoms with Gasteiger partial charge in [0.1, 0.15) is 0 Å². The van der Waals surface area contributed by atoms with E-state index >= 15 is 0 Å². The van der Waals surface area contributed by atoms with E-state index in [2.05, 4.69) is 64.6 Å². The SMILES string of the molecule is c1ccc(-c2ccc3nc(C4CCN(Cc5ccncc5)CC4)nn3c2)cc1. The van der Waals surface area contributed by atoms with E-state index in [0.29, 0.717) is 5.92 Å². The molecule has 1 fully saturated rings. The van der Waals surface area contributed by atoms with Crippen LogP contribution < -0.4 is 0 Å². The van der Waals surface area contributed by atoms with Crippen molar-refractivity contribution >= 4 is 5.65 Å².